The maximum Gasteiger partial charge on any atom is 1.00 e. The summed E-state index contributed by atoms with van der Waals surface area (Å²) in [5.41, 5.74) is -0.196. The van der Waals surface area contributed by atoms with E-state index < -0.39 is 80.8 Å². The van der Waals surface area contributed by atoms with Gasteiger partial charge in [0.25, 0.3) is 0 Å². The molecule has 0 fully saturated rings. The SMILES string of the molecule is O=S(=O)([O-])O.O=S(=O)=O.[CH2-]CS(=O)(=O)c1ccc(N=Nc2[c-]cc3c(N=Nc4cc(Nc5cc(F)nc(F)n5)ccc4S(=O)(=O)[O-])c(NC)ccc3c2O)c(O)c1.[Cu].[Na+].[Na+].[Na+]. The van der Waals surface area contributed by atoms with Gasteiger partial charge in [-0.05, 0) is 36.4 Å². The molecule has 0 saturated heterocycles. The van der Waals surface area contributed by atoms with Crippen LogP contribution in [0.25, 0.3) is 10.8 Å². The standard InChI is InChI=1S/C29H22F2N8O7S2.Cu.3Na.H2O4S.O3S/c1-3-47(42,43)16-5-8-19(23(40)13-16)36-37-21-10-6-17-18(28(21)41)7-9-20(32-2)27(17)39-38-22-12-15(4-11-24(22)48(44,45)46)33-26-14-25(30)34-29(31)35-26;;;;;1-5(2,3)4;1-4(2)3/h4-9,11-14,32,40-41H,1,3H2,2H3,(H,33,34,35)(H,44,45,46);;;;;(H2,1,2,3,4);/q-2;;3*+1;;/p-2. The van der Waals surface area contributed by atoms with Crippen molar-refractivity contribution < 1.29 is 176 Å². The van der Waals surface area contributed by atoms with Crippen molar-refractivity contribution in [2.45, 2.75) is 9.79 Å². The van der Waals surface area contributed by atoms with Crippen LogP contribution in [0.3, 0.4) is 0 Å². The summed E-state index contributed by atoms with van der Waals surface area (Å²) >= 11 is 0. The van der Waals surface area contributed by atoms with E-state index >= 15 is 0 Å². The van der Waals surface area contributed by atoms with Crippen molar-refractivity contribution in [1.82, 2.24) is 9.97 Å². The fourth-order valence-electron chi connectivity index (χ4n) is 4.28. The molecule has 0 saturated carbocycles. The first-order chi connectivity index (χ1) is 26.4. The van der Waals surface area contributed by atoms with Crippen LogP contribution < -0.4 is 99.3 Å². The summed E-state index contributed by atoms with van der Waals surface area (Å²) in [5, 5.41) is 43.1. The molecule has 0 aliphatic carbocycles. The molecular weight excluding hydrogens is 983 g/mol. The third-order valence-electron chi connectivity index (χ3n) is 6.58. The van der Waals surface area contributed by atoms with E-state index in [4.69, 9.17) is 30.1 Å². The Bertz CT molecular complexity index is 2840. The van der Waals surface area contributed by atoms with E-state index in [0.717, 1.165) is 30.3 Å². The molecule has 0 amide bonds. The summed E-state index contributed by atoms with van der Waals surface area (Å²) in [6.07, 6.45) is -1.36. The smallest absolute Gasteiger partial charge is 0.744 e. The number of halogens is 2. The van der Waals surface area contributed by atoms with Gasteiger partial charge in [-0.1, -0.05) is 22.6 Å². The minimum absolute atomic E-state index is 0. The number of azo groups is 2. The van der Waals surface area contributed by atoms with Crippen LogP contribution in [0.4, 0.5) is 48.7 Å². The first kappa shape index (κ1) is 60.4. The molecule has 22 nitrogen and oxygen atoms in total. The van der Waals surface area contributed by atoms with Gasteiger partial charge in [-0.15, -0.1) is 17.7 Å². The van der Waals surface area contributed by atoms with Gasteiger partial charge in [-0.3, -0.25) is 4.55 Å². The number of rotatable bonds is 10. The van der Waals surface area contributed by atoms with Crippen molar-refractivity contribution in [3.8, 4) is 11.5 Å². The third kappa shape index (κ3) is 18.9. The van der Waals surface area contributed by atoms with Gasteiger partial charge in [0.15, 0.2) is 9.84 Å². The van der Waals surface area contributed by atoms with Gasteiger partial charge in [0.2, 0.25) is 16.3 Å². The van der Waals surface area contributed by atoms with Crippen LogP contribution in [0.2, 0.25) is 0 Å². The van der Waals surface area contributed by atoms with Gasteiger partial charge in [-0.25, -0.2) is 25.3 Å². The average Bonchev–Trinajstić information content (AvgIpc) is 3.09. The number of benzene rings is 4. The molecular formula is C29H22CuF2N8Na3O14S4-. The number of aromatic nitrogens is 2. The zero-order chi connectivity index (χ0) is 42.9. The molecule has 0 spiro atoms. The van der Waals surface area contributed by atoms with Crippen LogP contribution in [0.5, 0.6) is 11.5 Å². The molecule has 61 heavy (non-hydrogen) atoms. The molecule has 315 valence electrons. The van der Waals surface area contributed by atoms with E-state index in [1.165, 1.54) is 30.3 Å². The minimum atomic E-state index is -5.07. The molecule has 0 atom stereocenters. The van der Waals surface area contributed by atoms with Crippen LogP contribution in [0, 0.1) is 25.0 Å². The number of anilines is 3. The topological polar surface area (TPSA) is 360 Å². The second-order valence-electron chi connectivity index (χ2n) is 10.3. The fourth-order valence-corrected chi connectivity index (χ4v) is 5.67. The van der Waals surface area contributed by atoms with Gasteiger partial charge in [0.1, 0.15) is 33.1 Å². The summed E-state index contributed by atoms with van der Waals surface area (Å²) in [5.74, 6) is -2.78. The molecule has 5 N–H and O–H groups in total. The molecule has 0 aliphatic rings. The number of hydrogen-bond acceptors (Lipinski definition) is 21. The Balaban J connectivity index is 0. The van der Waals surface area contributed by atoms with Crippen LogP contribution in [-0.4, -0.2) is 84.5 Å². The maximum atomic E-state index is 13.5. The van der Waals surface area contributed by atoms with Crippen molar-refractivity contribution in [2.24, 2.45) is 20.5 Å². The Kier molecular flexibility index (Phi) is 26.0. The van der Waals surface area contributed by atoms with Gasteiger partial charge in [-0.2, -0.15) is 46.2 Å². The summed E-state index contributed by atoms with van der Waals surface area (Å²) in [6, 6.07) is 14.5. The van der Waals surface area contributed by atoms with Crippen molar-refractivity contribution in [2.75, 3.05) is 23.4 Å². The molecule has 1 radical (unpaired) electrons. The van der Waals surface area contributed by atoms with Crippen molar-refractivity contribution in [3.63, 3.8) is 0 Å². The Morgan fingerprint density at radius 2 is 1.43 bits per heavy atom. The Morgan fingerprint density at radius 1 is 0.836 bits per heavy atom. The fraction of sp³-hybridized carbons (Fsp3) is 0.0690. The van der Waals surface area contributed by atoms with Crippen molar-refractivity contribution >= 4 is 91.7 Å². The predicted molar refractivity (Wildman–Crippen MR) is 190 cm³/mol. The van der Waals surface area contributed by atoms with Crippen LogP contribution in [-0.2, 0) is 58.0 Å². The summed E-state index contributed by atoms with van der Waals surface area (Å²) in [7, 11) is -15.2. The van der Waals surface area contributed by atoms with Gasteiger partial charge < -0.3 is 36.9 Å². The van der Waals surface area contributed by atoms with E-state index in [2.05, 4.69) is 54.0 Å². The number of sulfone groups is 1. The second kappa shape index (κ2) is 26.2. The number of fused-ring (bicyclic) bond motifs is 1. The normalized spacial score (nSPS) is 11.0. The first-order valence-electron chi connectivity index (χ1n) is 14.5. The van der Waals surface area contributed by atoms with Gasteiger partial charge in [0, 0.05) is 59.1 Å². The third-order valence-corrected chi connectivity index (χ3v) is 8.97. The Labute approximate surface area is 423 Å². The average molecular weight is 1010 g/mol. The number of phenols is 2. The number of phenolic OH excluding ortho intramolecular Hbond substituents is 2. The summed E-state index contributed by atoms with van der Waals surface area (Å²) < 4.78 is 145. The number of hydrogen-bond donors (Lipinski definition) is 5. The van der Waals surface area contributed by atoms with Gasteiger partial charge >= 0.3 is 105 Å². The number of nitrogens with one attached hydrogen (secondary N) is 2. The first-order valence-corrected chi connectivity index (χ1v) is 19.9. The van der Waals surface area contributed by atoms with Crippen LogP contribution in [0.15, 0.2) is 90.9 Å². The quantitative estimate of drug-likeness (QED) is 0.0167. The summed E-state index contributed by atoms with van der Waals surface area (Å²) in [4.78, 5) is 5.38. The number of aromatic hydroxyl groups is 2. The van der Waals surface area contributed by atoms with Gasteiger partial charge in [0.05, 0.1) is 15.5 Å². The zero-order valence-corrected chi connectivity index (χ0v) is 41.6. The molecule has 5 rings (SSSR count). The van der Waals surface area contributed by atoms with E-state index in [9.17, 15) is 40.4 Å². The van der Waals surface area contributed by atoms with Crippen molar-refractivity contribution in [3.05, 3.63) is 85.7 Å². The monoisotopic (exact) mass is 1000 g/mol. The summed E-state index contributed by atoms with van der Waals surface area (Å²) in [6.45, 7) is 3.35. The van der Waals surface area contributed by atoms with Crippen LogP contribution in [0.1, 0.15) is 0 Å². The maximum absolute atomic E-state index is 13.5. The van der Waals surface area contributed by atoms with E-state index in [1.54, 1.807) is 7.05 Å². The second-order valence-corrected chi connectivity index (χ2v) is 15.0. The molecule has 32 heteroatoms. The van der Waals surface area contributed by atoms with E-state index in [0.29, 0.717) is 5.69 Å². The van der Waals surface area contributed by atoms with Crippen LogP contribution >= 0.6 is 0 Å². The van der Waals surface area contributed by atoms with E-state index in [1.807, 2.05) is 0 Å². The molecule has 1 aromatic heterocycles. The zero-order valence-electron chi connectivity index (χ0n) is 31.4. The molecule has 1 heterocycles. The Hall–Kier alpha value is -2.65. The molecule has 0 aliphatic heterocycles. The van der Waals surface area contributed by atoms with E-state index in [-0.39, 0.29) is 150 Å². The number of nitrogens with zero attached hydrogens (tertiary/aromatic N) is 6. The Morgan fingerprint density at radius 3 is 1.95 bits per heavy atom. The molecule has 0 unspecified atom stereocenters. The van der Waals surface area contributed by atoms with Crippen molar-refractivity contribution in [1.29, 1.82) is 0 Å². The molecule has 4 aromatic carbocycles. The largest absolute Gasteiger partial charge is 1.00 e. The molecule has 5 aromatic rings. The minimum Gasteiger partial charge on any atom is -0.744 e. The predicted octanol–water partition coefficient (Wildman–Crippen LogP) is -4.74. The molecule has 0 bridgehead atoms.